The number of halogens is 1. The molecule has 0 bridgehead atoms. The van der Waals surface area contributed by atoms with Crippen LogP contribution in [0.4, 0.5) is 5.95 Å². The van der Waals surface area contributed by atoms with Crippen molar-refractivity contribution in [2.24, 2.45) is 0 Å². The molecule has 2 aliphatic rings. The van der Waals surface area contributed by atoms with Gasteiger partial charge in [0.05, 0.1) is 5.70 Å². The van der Waals surface area contributed by atoms with Gasteiger partial charge in [-0.15, -0.1) is 0 Å². The Balaban J connectivity index is 1.63. The normalized spacial score (nSPS) is 18.8. The molecular weight excluding hydrogens is 420 g/mol. The minimum atomic E-state index is -0.282. The number of anilines is 1. The van der Waals surface area contributed by atoms with Crippen LogP contribution in [0, 0.1) is 13.8 Å². The number of rotatable bonds is 2. The molecule has 6 heteroatoms. The van der Waals surface area contributed by atoms with Crippen LogP contribution in [0.2, 0.25) is 5.02 Å². The molecule has 1 N–H and O–H groups in total. The SMILES string of the molecule is Cc1ccc([C@H]2C3=C(Nc4ncnn42)c2cc(Cl)ccc2O[C@@H]3c2ccc(C)cc2)cc1. The lowest BCUT2D eigenvalue weighted by molar-refractivity contribution is 0.223. The van der Waals surface area contributed by atoms with Crippen LogP contribution in [0.25, 0.3) is 5.70 Å². The maximum atomic E-state index is 6.63. The van der Waals surface area contributed by atoms with Gasteiger partial charge in [0.2, 0.25) is 5.95 Å². The highest BCUT2D eigenvalue weighted by atomic mass is 35.5. The molecular formula is C26H21ClN4O. The van der Waals surface area contributed by atoms with E-state index in [-0.39, 0.29) is 12.1 Å². The van der Waals surface area contributed by atoms with Crippen molar-refractivity contribution in [2.45, 2.75) is 26.0 Å². The second kappa shape index (κ2) is 7.24. The largest absolute Gasteiger partial charge is 0.480 e. The molecule has 1 aromatic heterocycles. The first-order valence-electron chi connectivity index (χ1n) is 10.6. The van der Waals surface area contributed by atoms with Gasteiger partial charge in [0.15, 0.2) is 0 Å². The van der Waals surface area contributed by atoms with Crippen molar-refractivity contribution < 1.29 is 4.74 Å². The Kier molecular flexibility index (Phi) is 4.33. The lowest BCUT2D eigenvalue weighted by atomic mass is 9.84. The fraction of sp³-hybridized carbons (Fsp3) is 0.154. The van der Waals surface area contributed by atoms with Gasteiger partial charge in [-0.05, 0) is 43.2 Å². The monoisotopic (exact) mass is 440 g/mol. The van der Waals surface area contributed by atoms with Crippen LogP contribution in [0.5, 0.6) is 5.75 Å². The number of aryl methyl sites for hydroxylation is 2. The van der Waals surface area contributed by atoms with Crippen molar-refractivity contribution >= 4 is 23.2 Å². The molecule has 3 aromatic carbocycles. The minimum absolute atomic E-state index is 0.164. The van der Waals surface area contributed by atoms with Crippen LogP contribution >= 0.6 is 11.6 Å². The molecule has 0 spiro atoms. The number of fused-ring (bicyclic) bond motifs is 3. The zero-order valence-corrected chi connectivity index (χ0v) is 18.5. The number of hydrogen-bond donors (Lipinski definition) is 1. The van der Waals surface area contributed by atoms with E-state index in [0.29, 0.717) is 11.0 Å². The van der Waals surface area contributed by atoms with E-state index in [9.17, 15) is 0 Å². The predicted molar refractivity (Wildman–Crippen MR) is 126 cm³/mol. The third-order valence-corrected chi connectivity index (χ3v) is 6.38. The quantitative estimate of drug-likeness (QED) is 0.408. The van der Waals surface area contributed by atoms with E-state index in [4.69, 9.17) is 16.3 Å². The Hall–Kier alpha value is -3.57. The predicted octanol–water partition coefficient (Wildman–Crippen LogP) is 6.11. The number of nitrogens with zero attached hydrogens (tertiary/aromatic N) is 3. The average molecular weight is 441 g/mol. The first kappa shape index (κ1) is 19.1. The van der Waals surface area contributed by atoms with Gasteiger partial charge in [0.25, 0.3) is 0 Å². The molecule has 0 saturated carbocycles. The van der Waals surface area contributed by atoms with Gasteiger partial charge < -0.3 is 10.1 Å². The third-order valence-electron chi connectivity index (χ3n) is 6.15. The number of aromatic nitrogens is 3. The Morgan fingerprint density at radius 1 is 0.906 bits per heavy atom. The van der Waals surface area contributed by atoms with Crippen LogP contribution in [0.15, 0.2) is 78.6 Å². The average Bonchev–Trinajstić information content (AvgIpc) is 3.27. The standard InChI is InChI=1S/C26H21ClN4O/c1-15-3-7-17(8-4-15)24-22-23(30-26-28-14-29-31(24)26)20-13-19(27)11-12-21(20)32-25(22)18-9-5-16(2)6-10-18/h3-14,24-25H,1-2H3,(H,28,29,30)/t24-,25+/m0/s1. The van der Waals surface area contributed by atoms with Crippen molar-refractivity contribution in [3.05, 3.63) is 111 Å². The van der Waals surface area contributed by atoms with Crippen LogP contribution in [-0.4, -0.2) is 14.8 Å². The molecule has 5 nitrogen and oxygen atoms in total. The summed E-state index contributed by atoms with van der Waals surface area (Å²) in [5.41, 5.74) is 7.64. The lowest BCUT2D eigenvalue weighted by Crippen LogP contribution is -2.32. The molecule has 32 heavy (non-hydrogen) atoms. The molecule has 0 amide bonds. The molecule has 2 atom stereocenters. The van der Waals surface area contributed by atoms with Gasteiger partial charge in [-0.2, -0.15) is 10.1 Å². The number of hydrogen-bond acceptors (Lipinski definition) is 4. The Morgan fingerprint density at radius 2 is 1.59 bits per heavy atom. The summed E-state index contributed by atoms with van der Waals surface area (Å²) in [6, 6.07) is 22.7. The van der Waals surface area contributed by atoms with Crippen LogP contribution < -0.4 is 10.1 Å². The van der Waals surface area contributed by atoms with Gasteiger partial charge in [0.1, 0.15) is 24.2 Å². The van der Waals surface area contributed by atoms with E-state index >= 15 is 0 Å². The molecule has 0 fully saturated rings. The molecule has 6 rings (SSSR count). The zero-order chi connectivity index (χ0) is 21.8. The van der Waals surface area contributed by atoms with E-state index in [0.717, 1.165) is 33.7 Å². The zero-order valence-electron chi connectivity index (χ0n) is 17.7. The molecule has 0 saturated heterocycles. The molecule has 2 aliphatic heterocycles. The molecule has 0 aliphatic carbocycles. The van der Waals surface area contributed by atoms with Gasteiger partial charge >= 0.3 is 0 Å². The summed E-state index contributed by atoms with van der Waals surface area (Å²) in [5.74, 6) is 1.49. The fourth-order valence-electron chi connectivity index (χ4n) is 4.53. The Morgan fingerprint density at radius 3 is 2.31 bits per heavy atom. The number of nitrogens with one attached hydrogen (secondary N) is 1. The second-order valence-corrected chi connectivity index (χ2v) is 8.78. The maximum absolute atomic E-state index is 6.63. The highest BCUT2D eigenvalue weighted by molar-refractivity contribution is 6.30. The summed E-state index contributed by atoms with van der Waals surface area (Å²) in [7, 11) is 0. The molecule has 4 aromatic rings. The lowest BCUT2D eigenvalue weighted by Gasteiger charge is -2.39. The van der Waals surface area contributed by atoms with Crippen molar-refractivity contribution in [1.82, 2.24) is 14.8 Å². The van der Waals surface area contributed by atoms with Crippen molar-refractivity contribution in [1.29, 1.82) is 0 Å². The smallest absolute Gasteiger partial charge is 0.226 e. The van der Waals surface area contributed by atoms with E-state index in [1.54, 1.807) is 6.33 Å². The van der Waals surface area contributed by atoms with Crippen molar-refractivity contribution in [3.8, 4) is 5.75 Å². The van der Waals surface area contributed by atoms with E-state index < -0.39 is 0 Å². The van der Waals surface area contributed by atoms with Crippen molar-refractivity contribution in [3.63, 3.8) is 0 Å². The summed E-state index contributed by atoms with van der Waals surface area (Å²) in [4.78, 5) is 4.48. The summed E-state index contributed by atoms with van der Waals surface area (Å²) in [6.45, 7) is 4.18. The maximum Gasteiger partial charge on any atom is 0.226 e. The van der Waals surface area contributed by atoms with Gasteiger partial charge in [-0.1, -0.05) is 71.3 Å². The summed E-state index contributed by atoms with van der Waals surface area (Å²) < 4.78 is 8.57. The fourth-order valence-corrected chi connectivity index (χ4v) is 4.70. The van der Waals surface area contributed by atoms with Crippen LogP contribution in [0.3, 0.4) is 0 Å². The summed E-state index contributed by atoms with van der Waals surface area (Å²) in [5, 5.41) is 8.75. The van der Waals surface area contributed by atoms with Gasteiger partial charge in [0, 0.05) is 16.2 Å². The Bertz CT molecular complexity index is 1360. The van der Waals surface area contributed by atoms with Gasteiger partial charge in [-0.25, -0.2) is 4.68 Å². The molecule has 158 valence electrons. The van der Waals surface area contributed by atoms with Crippen molar-refractivity contribution in [2.75, 3.05) is 5.32 Å². The third kappa shape index (κ3) is 3.00. The highest BCUT2D eigenvalue weighted by Gasteiger charge is 2.40. The molecule has 0 radical (unpaired) electrons. The topological polar surface area (TPSA) is 52.0 Å². The summed E-state index contributed by atoms with van der Waals surface area (Å²) in [6.07, 6.45) is 1.30. The minimum Gasteiger partial charge on any atom is -0.480 e. The van der Waals surface area contributed by atoms with Crippen LogP contribution in [-0.2, 0) is 0 Å². The van der Waals surface area contributed by atoms with E-state index in [1.807, 2.05) is 22.9 Å². The number of benzene rings is 3. The number of ether oxygens (including phenoxy) is 1. The second-order valence-electron chi connectivity index (χ2n) is 8.35. The highest BCUT2D eigenvalue weighted by Crippen LogP contribution is 2.51. The first-order chi connectivity index (χ1) is 15.6. The van der Waals surface area contributed by atoms with E-state index in [2.05, 4.69) is 77.8 Å². The van der Waals surface area contributed by atoms with Gasteiger partial charge in [-0.3, -0.25) is 0 Å². The Labute approximate surface area is 191 Å². The summed E-state index contributed by atoms with van der Waals surface area (Å²) >= 11 is 6.39. The first-order valence-corrected chi connectivity index (χ1v) is 11.0. The van der Waals surface area contributed by atoms with Crippen LogP contribution in [0.1, 0.15) is 40.0 Å². The van der Waals surface area contributed by atoms with E-state index in [1.165, 1.54) is 11.1 Å². The molecule has 0 unspecified atom stereocenters. The molecule has 3 heterocycles.